The molecule has 0 saturated heterocycles. The van der Waals surface area contributed by atoms with E-state index in [9.17, 15) is 4.79 Å². The van der Waals surface area contributed by atoms with E-state index in [1.165, 1.54) is 0 Å². The van der Waals surface area contributed by atoms with Gasteiger partial charge in [-0.15, -0.1) is 11.6 Å². The minimum Gasteiger partial charge on any atom is -0.493 e. The first-order valence-corrected chi connectivity index (χ1v) is 11.0. The van der Waals surface area contributed by atoms with Gasteiger partial charge in [0.05, 0.1) is 24.1 Å². The second-order valence-electron chi connectivity index (χ2n) is 7.04. The van der Waals surface area contributed by atoms with Crippen LogP contribution in [0.1, 0.15) is 41.6 Å². The molecular formula is C25H27ClN2O3. The van der Waals surface area contributed by atoms with Crippen molar-refractivity contribution in [3.05, 3.63) is 84.2 Å². The van der Waals surface area contributed by atoms with Crippen molar-refractivity contribution in [1.82, 2.24) is 4.98 Å². The molecule has 2 aromatic carbocycles. The van der Waals surface area contributed by atoms with Crippen molar-refractivity contribution in [2.75, 3.05) is 17.8 Å². The number of ether oxygens (including phenoxy) is 2. The molecule has 3 aromatic rings. The van der Waals surface area contributed by atoms with Gasteiger partial charge in [-0.3, -0.25) is 9.78 Å². The number of amides is 1. The van der Waals surface area contributed by atoms with Gasteiger partial charge in [-0.05, 0) is 43.2 Å². The number of hydrogen-bond donors (Lipinski definition) is 1. The first kappa shape index (κ1) is 22.6. The number of pyridine rings is 1. The summed E-state index contributed by atoms with van der Waals surface area (Å²) in [6.07, 6.45) is 7.51. The standard InChI is InChI=1S/C25H27ClN2O3/c26-15-7-1-2-8-17-30-23-13-5-3-10-20(23)19-31-24-14-6-4-12-22(24)25(29)28-21-11-9-16-27-18-21/h3-6,9-14,16,18H,1-2,7-8,15,17,19H2,(H,28,29). The Bertz CT molecular complexity index is 950. The Hall–Kier alpha value is -3.05. The molecule has 0 aliphatic rings. The molecule has 0 saturated carbocycles. The van der Waals surface area contributed by atoms with Crippen molar-refractivity contribution in [2.45, 2.75) is 32.3 Å². The van der Waals surface area contributed by atoms with Gasteiger partial charge in [0.15, 0.2) is 0 Å². The zero-order valence-corrected chi connectivity index (χ0v) is 18.2. The number of hydrogen-bond acceptors (Lipinski definition) is 4. The number of nitrogens with one attached hydrogen (secondary N) is 1. The maximum absolute atomic E-state index is 12.7. The molecule has 162 valence electrons. The third-order valence-corrected chi connectivity index (χ3v) is 4.96. The number of benzene rings is 2. The van der Waals surface area contributed by atoms with Crippen LogP contribution in [0.4, 0.5) is 5.69 Å². The molecule has 0 atom stereocenters. The number of halogens is 1. The van der Waals surface area contributed by atoms with Gasteiger partial charge < -0.3 is 14.8 Å². The summed E-state index contributed by atoms with van der Waals surface area (Å²) >= 11 is 5.71. The van der Waals surface area contributed by atoms with Gasteiger partial charge in [0.2, 0.25) is 0 Å². The van der Waals surface area contributed by atoms with Crippen LogP contribution in [-0.4, -0.2) is 23.4 Å². The smallest absolute Gasteiger partial charge is 0.259 e. The second-order valence-corrected chi connectivity index (χ2v) is 7.42. The van der Waals surface area contributed by atoms with Crippen LogP contribution < -0.4 is 14.8 Å². The van der Waals surface area contributed by atoms with Crippen LogP contribution in [0.3, 0.4) is 0 Å². The van der Waals surface area contributed by atoms with Crippen LogP contribution in [0, 0.1) is 0 Å². The number of nitrogens with zero attached hydrogens (tertiary/aromatic N) is 1. The lowest BCUT2D eigenvalue weighted by Gasteiger charge is -2.14. The summed E-state index contributed by atoms with van der Waals surface area (Å²) in [4.78, 5) is 16.7. The summed E-state index contributed by atoms with van der Waals surface area (Å²) in [6.45, 7) is 0.961. The Morgan fingerprint density at radius 1 is 0.871 bits per heavy atom. The number of carbonyl (C=O) groups is 1. The van der Waals surface area contributed by atoms with Gasteiger partial charge in [-0.2, -0.15) is 0 Å². The van der Waals surface area contributed by atoms with E-state index in [2.05, 4.69) is 10.3 Å². The average Bonchev–Trinajstić information content (AvgIpc) is 2.81. The van der Waals surface area contributed by atoms with Crippen molar-refractivity contribution in [3.8, 4) is 11.5 Å². The maximum Gasteiger partial charge on any atom is 0.259 e. The number of aromatic nitrogens is 1. The van der Waals surface area contributed by atoms with Crippen LogP contribution in [0.5, 0.6) is 11.5 Å². The largest absolute Gasteiger partial charge is 0.493 e. The SMILES string of the molecule is O=C(Nc1cccnc1)c1ccccc1OCc1ccccc1OCCCCCCCl. The minimum absolute atomic E-state index is 0.245. The predicted octanol–water partition coefficient (Wildman–Crippen LogP) is 6.09. The van der Waals surface area contributed by atoms with E-state index in [4.69, 9.17) is 21.1 Å². The molecule has 0 spiro atoms. The summed E-state index contributed by atoms with van der Waals surface area (Å²) in [5.74, 6) is 1.78. The van der Waals surface area contributed by atoms with E-state index >= 15 is 0 Å². The molecule has 0 aliphatic carbocycles. The van der Waals surface area contributed by atoms with E-state index in [1.807, 2.05) is 36.4 Å². The van der Waals surface area contributed by atoms with Gasteiger partial charge in [0.1, 0.15) is 18.1 Å². The van der Waals surface area contributed by atoms with Crippen LogP contribution in [0.25, 0.3) is 0 Å². The number of para-hydroxylation sites is 2. The Morgan fingerprint density at radius 2 is 1.65 bits per heavy atom. The average molecular weight is 439 g/mol. The number of unbranched alkanes of at least 4 members (excludes halogenated alkanes) is 3. The fraction of sp³-hybridized carbons (Fsp3) is 0.280. The van der Waals surface area contributed by atoms with Crippen molar-refractivity contribution >= 4 is 23.2 Å². The molecule has 1 N–H and O–H groups in total. The molecule has 0 aliphatic heterocycles. The monoisotopic (exact) mass is 438 g/mol. The van der Waals surface area contributed by atoms with Crippen molar-refractivity contribution in [3.63, 3.8) is 0 Å². The Kier molecular flexibility index (Phi) is 9.20. The van der Waals surface area contributed by atoms with Gasteiger partial charge >= 0.3 is 0 Å². The fourth-order valence-electron chi connectivity index (χ4n) is 3.07. The lowest BCUT2D eigenvalue weighted by molar-refractivity contribution is 0.102. The molecule has 1 aromatic heterocycles. The van der Waals surface area contributed by atoms with Crippen molar-refractivity contribution < 1.29 is 14.3 Å². The first-order chi connectivity index (χ1) is 15.3. The zero-order valence-electron chi connectivity index (χ0n) is 17.4. The topological polar surface area (TPSA) is 60.5 Å². The molecule has 0 unspecified atom stereocenters. The molecule has 6 heteroatoms. The number of rotatable bonds is 12. The first-order valence-electron chi connectivity index (χ1n) is 10.5. The third kappa shape index (κ3) is 7.30. The molecule has 5 nitrogen and oxygen atoms in total. The predicted molar refractivity (Wildman–Crippen MR) is 124 cm³/mol. The summed E-state index contributed by atoms with van der Waals surface area (Å²) in [6, 6.07) is 18.6. The molecule has 31 heavy (non-hydrogen) atoms. The number of alkyl halides is 1. The summed E-state index contributed by atoms with van der Waals surface area (Å²) < 4.78 is 12.0. The van der Waals surface area contributed by atoms with E-state index in [0.717, 1.165) is 37.0 Å². The third-order valence-electron chi connectivity index (χ3n) is 4.69. The number of carbonyl (C=O) groups excluding carboxylic acids is 1. The van der Waals surface area contributed by atoms with E-state index in [-0.39, 0.29) is 5.91 Å². The van der Waals surface area contributed by atoms with Crippen molar-refractivity contribution in [1.29, 1.82) is 0 Å². The molecule has 0 radical (unpaired) electrons. The van der Waals surface area contributed by atoms with E-state index < -0.39 is 0 Å². The quantitative estimate of drug-likeness (QED) is 0.274. The minimum atomic E-state index is -0.245. The highest BCUT2D eigenvalue weighted by Crippen LogP contribution is 2.24. The molecule has 0 fully saturated rings. The van der Waals surface area contributed by atoms with Crippen LogP contribution in [-0.2, 0) is 6.61 Å². The zero-order chi connectivity index (χ0) is 21.7. The van der Waals surface area contributed by atoms with Crippen molar-refractivity contribution in [2.24, 2.45) is 0 Å². The Morgan fingerprint density at radius 3 is 2.45 bits per heavy atom. The summed E-state index contributed by atoms with van der Waals surface area (Å²) in [5.41, 5.74) is 2.03. The molecule has 1 amide bonds. The lowest BCUT2D eigenvalue weighted by atomic mass is 10.1. The number of anilines is 1. The Labute approximate surface area is 188 Å². The molecule has 3 rings (SSSR count). The lowest BCUT2D eigenvalue weighted by Crippen LogP contribution is -2.14. The van der Waals surface area contributed by atoms with Gasteiger partial charge in [0, 0.05) is 17.6 Å². The van der Waals surface area contributed by atoms with E-state index in [1.54, 1.807) is 36.7 Å². The normalized spacial score (nSPS) is 10.5. The molecule has 0 bridgehead atoms. The highest BCUT2D eigenvalue weighted by atomic mass is 35.5. The summed E-state index contributed by atoms with van der Waals surface area (Å²) in [5, 5.41) is 2.84. The fourth-order valence-corrected chi connectivity index (χ4v) is 3.26. The summed E-state index contributed by atoms with van der Waals surface area (Å²) in [7, 11) is 0. The van der Waals surface area contributed by atoms with Gasteiger partial charge in [0.25, 0.3) is 5.91 Å². The molecule has 1 heterocycles. The highest BCUT2D eigenvalue weighted by Gasteiger charge is 2.13. The molecular weight excluding hydrogens is 412 g/mol. The Balaban J connectivity index is 1.60. The highest BCUT2D eigenvalue weighted by molar-refractivity contribution is 6.17. The van der Waals surface area contributed by atoms with Gasteiger partial charge in [-0.1, -0.05) is 43.2 Å². The van der Waals surface area contributed by atoms with Crippen LogP contribution in [0.15, 0.2) is 73.1 Å². The maximum atomic E-state index is 12.7. The second kappa shape index (κ2) is 12.6. The van der Waals surface area contributed by atoms with Crippen LogP contribution >= 0.6 is 11.6 Å². The van der Waals surface area contributed by atoms with E-state index in [0.29, 0.717) is 36.1 Å². The van der Waals surface area contributed by atoms with Gasteiger partial charge in [-0.25, -0.2) is 0 Å². The van der Waals surface area contributed by atoms with Crippen LogP contribution in [0.2, 0.25) is 0 Å².